The van der Waals surface area contributed by atoms with Crippen LogP contribution in [0.1, 0.15) is 23.6 Å². The molecule has 29 heavy (non-hydrogen) atoms. The van der Waals surface area contributed by atoms with E-state index < -0.39 is 0 Å². The monoisotopic (exact) mass is 396 g/mol. The number of likely N-dealkylation sites (N-methyl/N-ethyl adjacent to an activating group) is 1. The van der Waals surface area contributed by atoms with Crippen molar-refractivity contribution >= 4 is 11.9 Å². The maximum absolute atomic E-state index is 11.9. The lowest BCUT2D eigenvalue weighted by Crippen LogP contribution is -2.43. The first kappa shape index (κ1) is 22.3. The van der Waals surface area contributed by atoms with Gasteiger partial charge in [-0.1, -0.05) is 43.3 Å². The Bertz CT molecular complexity index is 801. The number of aryl methyl sites for hydroxylation is 1. The SMILES string of the molecule is CCc1ccccc1CN=C(NCCc1ccc(OC)cc1)NCC(=O)N(C)C. The lowest BCUT2D eigenvalue weighted by atomic mass is 10.1. The number of rotatable bonds is 9. The summed E-state index contributed by atoms with van der Waals surface area (Å²) in [6.07, 6.45) is 1.82. The molecule has 0 aliphatic carbocycles. The number of benzene rings is 2. The van der Waals surface area contributed by atoms with Crippen LogP contribution in [0.15, 0.2) is 53.5 Å². The highest BCUT2D eigenvalue weighted by Crippen LogP contribution is 2.12. The molecule has 0 heterocycles. The van der Waals surface area contributed by atoms with Crippen molar-refractivity contribution in [2.45, 2.75) is 26.3 Å². The zero-order valence-electron chi connectivity index (χ0n) is 17.9. The fraction of sp³-hybridized carbons (Fsp3) is 0.391. The first-order valence-corrected chi connectivity index (χ1v) is 9.95. The van der Waals surface area contributed by atoms with Gasteiger partial charge in [-0.2, -0.15) is 0 Å². The largest absolute Gasteiger partial charge is 0.497 e. The Morgan fingerprint density at radius 1 is 1.03 bits per heavy atom. The second kappa shape index (κ2) is 11.7. The Morgan fingerprint density at radius 3 is 2.34 bits per heavy atom. The molecule has 1 amide bonds. The molecule has 0 bridgehead atoms. The van der Waals surface area contributed by atoms with Gasteiger partial charge in [-0.15, -0.1) is 0 Å². The van der Waals surface area contributed by atoms with E-state index in [1.807, 2.05) is 24.3 Å². The van der Waals surface area contributed by atoms with Crippen LogP contribution in [0.5, 0.6) is 5.75 Å². The summed E-state index contributed by atoms with van der Waals surface area (Å²) in [4.78, 5) is 18.2. The molecule has 156 valence electrons. The van der Waals surface area contributed by atoms with Crippen LogP contribution in [0.25, 0.3) is 0 Å². The Balaban J connectivity index is 2.00. The number of hydrogen-bond acceptors (Lipinski definition) is 3. The van der Waals surface area contributed by atoms with Crippen molar-refractivity contribution in [3.63, 3.8) is 0 Å². The normalized spacial score (nSPS) is 11.1. The summed E-state index contributed by atoms with van der Waals surface area (Å²) in [6.45, 7) is 3.63. The van der Waals surface area contributed by atoms with Crippen LogP contribution in [-0.2, 0) is 24.2 Å². The van der Waals surface area contributed by atoms with Crippen molar-refractivity contribution in [1.29, 1.82) is 0 Å². The summed E-state index contributed by atoms with van der Waals surface area (Å²) in [6, 6.07) is 16.3. The number of amides is 1. The lowest BCUT2D eigenvalue weighted by Gasteiger charge is -2.15. The number of guanidine groups is 1. The molecule has 0 unspecified atom stereocenters. The van der Waals surface area contributed by atoms with Gasteiger partial charge in [0.1, 0.15) is 5.75 Å². The number of methoxy groups -OCH3 is 1. The third-order valence-electron chi connectivity index (χ3n) is 4.68. The van der Waals surface area contributed by atoms with Crippen molar-refractivity contribution in [1.82, 2.24) is 15.5 Å². The minimum absolute atomic E-state index is 0.00335. The van der Waals surface area contributed by atoms with Gasteiger partial charge in [0.05, 0.1) is 20.2 Å². The van der Waals surface area contributed by atoms with Crippen molar-refractivity contribution in [2.75, 3.05) is 34.3 Å². The van der Waals surface area contributed by atoms with Crippen molar-refractivity contribution in [2.24, 2.45) is 4.99 Å². The number of nitrogens with one attached hydrogen (secondary N) is 2. The average molecular weight is 397 g/mol. The van der Waals surface area contributed by atoms with Gasteiger partial charge in [0.25, 0.3) is 0 Å². The Morgan fingerprint density at radius 2 is 1.72 bits per heavy atom. The fourth-order valence-corrected chi connectivity index (χ4v) is 2.83. The molecule has 0 atom stereocenters. The highest BCUT2D eigenvalue weighted by molar-refractivity contribution is 5.86. The second-order valence-corrected chi connectivity index (χ2v) is 6.95. The predicted octanol–water partition coefficient (Wildman–Crippen LogP) is 2.62. The van der Waals surface area contributed by atoms with Crippen LogP contribution in [0.3, 0.4) is 0 Å². The standard InChI is InChI=1S/C23H32N4O2/c1-5-19-8-6-7-9-20(19)16-25-23(26-17-22(28)27(2)3)24-15-14-18-10-12-21(29-4)13-11-18/h6-13H,5,14-17H2,1-4H3,(H2,24,25,26). The highest BCUT2D eigenvalue weighted by Gasteiger charge is 2.07. The summed E-state index contributed by atoms with van der Waals surface area (Å²) in [5, 5.41) is 6.48. The van der Waals surface area contributed by atoms with Gasteiger partial charge in [-0.05, 0) is 41.7 Å². The maximum Gasteiger partial charge on any atom is 0.241 e. The fourth-order valence-electron chi connectivity index (χ4n) is 2.83. The first-order valence-electron chi connectivity index (χ1n) is 9.95. The van der Waals surface area contributed by atoms with Crippen molar-refractivity contribution in [3.05, 3.63) is 65.2 Å². The molecule has 0 fully saturated rings. The quantitative estimate of drug-likeness (QED) is 0.505. The minimum atomic E-state index is 0.00335. The number of carbonyl (C=O) groups is 1. The number of hydrogen-bond donors (Lipinski definition) is 2. The third kappa shape index (κ3) is 7.49. The summed E-state index contributed by atoms with van der Waals surface area (Å²) in [5.41, 5.74) is 3.70. The molecule has 2 aromatic rings. The van der Waals surface area contributed by atoms with Gasteiger partial charge in [0.2, 0.25) is 5.91 Å². The van der Waals surface area contributed by atoms with Crippen molar-refractivity contribution in [3.8, 4) is 5.75 Å². The minimum Gasteiger partial charge on any atom is -0.497 e. The smallest absolute Gasteiger partial charge is 0.241 e. The van der Waals surface area contributed by atoms with E-state index in [-0.39, 0.29) is 12.5 Å². The predicted molar refractivity (Wildman–Crippen MR) is 118 cm³/mol. The van der Waals surface area contributed by atoms with Gasteiger partial charge in [-0.3, -0.25) is 4.79 Å². The molecule has 2 N–H and O–H groups in total. The van der Waals surface area contributed by atoms with Crippen molar-refractivity contribution < 1.29 is 9.53 Å². The second-order valence-electron chi connectivity index (χ2n) is 6.95. The molecule has 0 saturated carbocycles. The first-order chi connectivity index (χ1) is 14.0. The molecule has 6 nitrogen and oxygen atoms in total. The molecular weight excluding hydrogens is 364 g/mol. The summed E-state index contributed by atoms with van der Waals surface area (Å²) < 4.78 is 5.20. The van der Waals surface area contributed by atoms with Gasteiger partial charge < -0.3 is 20.3 Å². The van der Waals surface area contributed by atoms with Crippen LogP contribution >= 0.6 is 0 Å². The zero-order valence-corrected chi connectivity index (χ0v) is 17.9. The van der Waals surface area contributed by atoms with E-state index in [9.17, 15) is 4.79 Å². The Labute approximate surface area is 174 Å². The van der Waals surface area contributed by atoms with E-state index >= 15 is 0 Å². The average Bonchev–Trinajstić information content (AvgIpc) is 2.75. The van der Waals surface area contributed by atoms with E-state index in [0.717, 1.165) is 18.6 Å². The number of aliphatic imine (C=N–C) groups is 1. The number of ether oxygens (including phenoxy) is 1. The third-order valence-corrected chi connectivity index (χ3v) is 4.68. The topological polar surface area (TPSA) is 66.0 Å². The van der Waals surface area contributed by atoms with E-state index in [1.165, 1.54) is 16.7 Å². The Kier molecular flexibility index (Phi) is 9.02. The van der Waals surface area contributed by atoms with E-state index in [4.69, 9.17) is 9.73 Å². The summed E-state index contributed by atoms with van der Waals surface area (Å²) in [7, 11) is 5.15. The van der Waals surface area contributed by atoms with Crippen LogP contribution in [0.4, 0.5) is 0 Å². The van der Waals surface area contributed by atoms with Gasteiger partial charge >= 0.3 is 0 Å². The molecule has 0 aliphatic heterocycles. The molecule has 0 saturated heterocycles. The molecule has 0 spiro atoms. The van der Waals surface area contributed by atoms with Gasteiger partial charge in [0.15, 0.2) is 5.96 Å². The number of carbonyl (C=O) groups excluding carboxylic acids is 1. The van der Waals surface area contributed by atoms with E-state index in [1.54, 1.807) is 26.1 Å². The molecule has 6 heteroatoms. The Hall–Kier alpha value is -3.02. The molecule has 2 aromatic carbocycles. The van der Waals surface area contributed by atoms with Crippen LogP contribution < -0.4 is 15.4 Å². The summed E-state index contributed by atoms with van der Waals surface area (Å²) >= 11 is 0. The zero-order chi connectivity index (χ0) is 21.1. The van der Waals surface area contributed by atoms with E-state index in [2.05, 4.69) is 41.8 Å². The number of nitrogens with zero attached hydrogens (tertiary/aromatic N) is 2. The van der Waals surface area contributed by atoms with Crippen LogP contribution in [0, 0.1) is 0 Å². The van der Waals surface area contributed by atoms with Gasteiger partial charge in [0, 0.05) is 20.6 Å². The van der Waals surface area contributed by atoms with Crippen LogP contribution in [0.2, 0.25) is 0 Å². The highest BCUT2D eigenvalue weighted by atomic mass is 16.5. The molecule has 2 rings (SSSR count). The van der Waals surface area contributed by atoms with E-state index in [0.29, 0.717) is 19.0 Å². The molecular formula is C23H32N4O2. The maximum atomic E-state index is 11.9. The van der Waals surface area contributed by atoms with Gasteiger partial charge in [-0.25, -0.2) is 4.99 Å². The molecule has 0 radical (unpaired) electrons. The lowest BCUT2D eigenvalue weighted by molar-refractivity contribution is -0.127. The molecule has 0 aliphatic rings. The van der Waals surface area contributed by atoms with Crippen LogP contribution in [-0.4, -0.2) is 51.1 Å². The summed E-state index contributed by atoms with van der Waals surface area (Å²) in [5.74, 6) is 1.49. The molecule has 0 aromatic heterocycles.